The molecule has 0 aliphatic carbocycles. The van der Waals surface area contributed by atoms with E-state index in [9.17, 15) is 211 Å². The van der Waals surface area contributed by atoms with Gasteiger partial charge in [0.2, 0.25) is 0 Å². The van der Waals surface area contributed by atoms with Gasteiger partial charge < -0.3 is 23.7 Å². The van der Waals surface area contributed by atoms with Gasteiger partial charge in [-0.2, -0.15) is 158 Å². The second-order valence-electron chi connectivity index (χ2n) is 17.5. The van der Waals surface area contributed by atoms with E-state index in [1.54, 1.807) is 0 Å². The Hall–Kier alpha value is -3.80. The number of hydrogen-bond donors (Lipinski definition) is 0. The number of halogens is 48. The van der Waals surface area contributed by atoms with Crippen molar-refractivity contribution in [3.63, 3.8) is 0 Å². The summed E-state index contributed by atoms with van der Waals surface area (Å²) >= 11 is 0. The van der Waals surface area contributed by atoms with Crippen LogP contribution in [0.1, 0.15) is 219 Å². The Bertz CT molecular complexity index is 2180. The van der Waals surface area contributed by atoms with Crippen molar-refractivity contribution >= 4 is 0 Å². The molecule has 0 heterocycles. The van der Waals surface area contributed by atoms with Crippen LogP contribution >= 0.6 is 0 Å². The lowest BCUT2D eigenvalue weighted by atomic mass is 10.1. The van der Waals surface area contributed by atoms with Crippen LogP contribution in [0.3, 0.4) is 0 Å². The molecule has 0 saturated heterocycles. The summed E-state index contributed by atoms with van der Waals surface area (Å²) in [5.41, 5.74) is -9.95. The normalized spacial score (nSPS) is 13.8. The van der Waals surface area contributed by atoms with E-state index in [-0.39, 0.29) is 233 Å². The summed E-state index contributed by atoms with van der Waals surface area (Å²) in [7, 11) is 2.48. The van der Waals surface area contributed by atoms with Crippen LogP contribution in [0.2, 0.25) is 0 Å². The predicted molar refractivity (Wildman–Crippen MR) is 372 cm³/mol. The minimum Gasteiger partial charge on any atom is -0.338 e. The number of alkyl halides is 48. The zero-order valence-corrected chi connectivity index (χ0v) is 50.6. The third kappa shape index (κ3) is 62.9. The average molecular weight is 1970 g/mol. The zero-order chi connectivity index (χ0) is 83.8. The molecule has 0 aromatic heterocycles. The molecule has 11 nitrogen and oxygen atoms in total. The molecule has 4 atom stereocenters. The van der Waals surface area contributed by atoms with Crippen molar-refractivity contribution in [3.05, 3.63) is 0 Å². The standard InChI is InChI=1S/2C6H6F8O2.C5H6F6O2.3C5H6F6O.2C4H6F4O.22CH4/c1-3(7,8)4(9,5(10,11)12)16-6(13,14)15-2;1-3(7,4(8,9)10)5(11,12)16-6(13,14)15-2;1-3(6,7)4(8,9)13-5(10,11)12-2;1-3(6,7)4(8,12-2)5(9,10)11;1-3(6,7)4(8,9)5(10,11)12-2;1-3(6,4(7,8)9)5(10,11)12-2;2*1-3(5,6)4(7,8)9-2;;;;;;;;;;;;;;;;;;;;;;/h2*1-2H3;1-2H3;3*1-2H3;2*1-2H3;22*1H4. The third-order valence-corrected chi connectivity index (χ3v) is 9.24. The summed E-state index contributed by atoms with van der Waals surface area (Å²) in [6, 6.07) is 0. The first-order valence-electron chi connectivity index (χ1n) is 22.4. The number of rotatable bonds is 23. The van der Waals surface area contributed by atoms with Gasteiger partial charge in [-0.3, -0.25) is 14.2 Å². The van der Waals surface area contributed by atoms with Gasteiger partial charge in [0.15, 0.2) is 0 Å². The van der Waals surface area contributed by atoms with Crippen LogP contribution in [0.25, 0.3) is 0 Å². The molecule has 121 heavy (non-hydrogen) atoms. The van der Waals surface area contributed by atoms with E-state index < -0.39 is 159 Å². The van der Waals surface area contributed by atoms with Crippen LogP contribution in [0, 0.1) is 0 Å². The molecule has 0 aliphatic rings. The van der Waals surface area contributed by atoms with Crippen LogP contribution in [0.4, 0.5) is 211 Å². The molecule has 786 valence electrons. The average Bonchev–Trinajstić information content (AvgIpc) is 0.772. The van der Waals surface area contributed by atoms with E-state index in [2.05, 4.69) is 52.1 Å². The Morgan fingerprint density at radius 2 is 0.306 bits per heavy atom. The number of methoxy groups -OCH3 is 8. The Morgan fingerprint density at radius 1 is 0.140 bits per heavy atom. The van der Waals surface area contributed by atoms with Crippen LogP contribution in [-0.2, 0) is 52.1 Å². The van der Waals surface area contributed by atoms with Crippen molar-refractivity contribution in [2.24, 2.45) is 0 Å². The summed E-state index contributed by atoms with van der Waals surface area (Å²) in [6.45, 7) is -2.03. The first-order chi connectivity index (χ1) is 41.9. The van der Waals surface area contributed by atoms with Crippen molar-refractivity contribution in [3.8, 4) is 0 Å². The van der Waals surface area contributed by atoms with E-state index >= 15 is 0 Å². The summed E-state index contributed by atoms with van der Waals surface area (Å²) in [5, 5.41) is 0. The van der Waals surface area contributed by atoms with Crippen molar-refractivity contribution in [1.29, 1.82) is 0 Å². The molecule has 0 saturated carbocycles. The molecule has 59 heteroatoms. The van der Waals surface area contributed by atoms with Gasteiger partial charge in [-0.1, -0.05) is 163 Å². The number of hydrogen-bond acceptors (Lipinski definition) is 11. The minimum absolute atomic E-state index is 0. The lowest BCUT2D eigenvalue weighted by Gasteiger charge is -2.34. The lowest BCUT2D eigenvalue weighted by Crippen LogP contribution is -2.58. The van der Waals surface area contributed by atoms with Crippen molar-refractivity contribution in [2.75, 3.05) is 56.9 Å². The van der Waals surface area contributed by atoms with E-state index in [1.807, 2.05) is 0 Å². The fourth-order valence-corrected chi connectivity index (χ4v) is 2.98. The van der Waals surface area contributed by atoms with Gasteiger partial charge in [0.1, 0.15) is 0 Å². The second-order valence-corrected chi connectivity index (χ2v) is 17.5. The molecule has 0 aromatic carbocycles. The molecule has 0 fully saturated rings. The molecule has 0 bridgehead atoms. The maximum absolute atomic E-state index is 12.8. The Kier molecular flexibility index (Phi) is 116. The Morgan fingerprint density at radius 3 is 0.397 bits per heavy atom. The van der Waals surface area contributed by atoms with E-state index in [1.165, 1.54) is 0 Å². The Balaban J connectivity index is -0.0000000274. The van der Waals surface area contributed by atoms with Gasteiger partial charge in [-0.15, -0.1) is 26.3 Å². The molecular formula is C62H136F48O11. The van der Waals surface area contributed by atoms with E-state index in [4.69, 9.17) is 0 Å². The van der Waals surface area contributed by atoms with Crippen molar-refractivity contribution in [2.45, 2.75) is 364 Å². The number of ether oxygens (including phenoxy) is 11. The van der Waals surface area contributed by atoms with Crippen LogP contribution in [0.5, 0.6) is 0 Å². The molecule has 4 unspecified atom stereocenters. The molecule has 0 N–H and O–H groups in total. The summed E-state index contributed by atoms with van der Waals surface area (Å²) in [5.74, 6) is -43.9. The largest absolute Gasteiger partial charge is 0.490 e. The highest BCUT2D eigenvalue weighted by molar-refractivity contribution is 4.93. The third-order valence-electron chi connectivity index (χ3n) is 9.24. The van der Waals surface area contributed by atoms with Crippen LogP contribution in [-0.4, -0.2) is 202 Å². The van der Waals surface area contributed by atoms with Gasteiger partial charge in [-0.25, -0.2) is 40.6 Å². The molecular weight excluding hydrogens is 1830 g/mol. The smallest absolute Gasteiger partial charge is 0.338 e. The van der Waals surface area contributed by atoms with Crippen molar-refractivity contribution in [1.82, 2.24) is 0 Å². The first-order valence-corrected chi connectivity index (χ1v) is 22.4. The topological polar surface area (TPSA) is 102 Å². The predicted octanol–water partition coefficient (Wildman–Crippen LogP) is 33.9. The SMILES string of the molecule is C.C.C.C.C.C.C.C.C.C.C.C.C.C.C.C.C.C.C.C.C.C.COC(F)(C(C)(F)F)C(F)(F)F.COC(F)(F)C(C)(F)C(F)(F)F.COC(F)(F)C(C)(F)F.COC(F)(F)C(C)(F)F.COC(F)(F)C(F)(F)C(C)(F)F.COC(F)(F)OC(F)(C(C)(F)F)C(F)(F)F.COC(F)(F)OC(F)(F)C(C)(F)C(F)(F)F.COC(F)(F)OC(F)(F)C(C)(F)F. The second kappa shape index (κ2) is 67.5. The molecule has 0 aliphatic heterocycles. The van der Waals surface area contributed by atoms with Gasteiger partial charge >= 0.3 is 133 Å². The molecule has 0 aromatic rings. The summed E-state index contributed by atoms with van der Waals surface area (Å²) < 4.78 is 606. The first kappa shape index (κ1) is 208. The van der Waals surface area contributed by atoms with Gasteiger partial charge in [0.25, 0.3) is 11.3 Å². The van der Waals surface area contributed by atoms with Gasteiger partial charge in [0.05, 0.1) is 0 Å². The highest BCUT2D eigenvalue weighted by Gasteiger charge is 2.76. The quantitative estimate of drug-likeness (QED) is 0.0722. The highest BCUT2D eigenvalue weighted by atomic mass is 19.4. The maximum Gasteiger partial charge on any atom is 0.490 e. The molecule has 0 radical (unpaired) electrons. The van der Waals surface area contributed by atoms with Crippen molar-refractivity contribution < 1.29 is 263 Å². The molecule has 0 rings (SSSR count). The lowest BCUT2D eigenvalue weighted by molar-refractivity contribution is -0.505. The maximum atomic E-state index is 12.8. The monoisotopic (exact) mass is 1970 g/mol. The van der Waals surface area contributed by atoms with E-state index in [0.29, 0.717) is 28.4 Å². The zero-order valence-electron chi connectivity index (χ0n) is 50.6. The van der Waals surface area contributed by atoms with E-state index in [0.717, 1.165) is 0 Å². The van der Waals surface area contributed by atoms with Gasteiger partial charge in [0, 0.05) is 98.4 Å². The highest BCUT2D eigenvalue weighted by Crippen LogP contribution is 2.52. The Labute approximate surface area is 682 Å². The minimum atomic E-state index is -6.35. The fourth-order valence-electron chi connectivity index (χ4n) is 2.98. The van der Waals surface area contributed by atoms with Gasteiger partial charge in [-0.05, 0) is 13.8 Å². The van der Waals surface area contributed by atoms with Crippen LogP contribution < -0.4 is 0 Å². The molecule has 0 amide bonds. The fraction of sp³-hybridized carbons (Fsp3) is 1.00. The molecule has 0 spiro atoms. The summed E-state index contributed by atoms with van der Waals surface area (Å²) in [6.07, 6.45) is -68.6. The van der Waals surface area contributed by atoms with Crippen LogP contribution in [0.15, 0.2) is 0 Å². The summed E-state index contributed by atoms with van der Waals surface area (Å²) in [4.78, 5) is 0.